The van der Waals surface area contributed by atoms with Crippen LogP contribution in [0.5, 0.6) is 0 Å². The first-order valence-corrected chi connectivity index (χ1v) is 7.91. The molecule has 0 fully saturated rings. The molecule has 0 saturated heterocycles. The Balaban J connectivity index is 2.46. The third kappa shape index (κ3) is 3.74. The van der Waals surface area contributed by atoms with Gasteiger partial charge in [-0.05, 0) is 74.0 Å². The van der Waals surface area contributed by atoms with Crippen molar-refractivity contribution in [1.29, 1.82) is 0 Å². The molecule has 1 heteroatoms. The number of hydrogen-bond donors (Lipinski definition) is 1. The molecule has 1 nitrogen and oxygen atoms in total. The lowest BCUT2D eigenvalue weighted by molar-refractivity contribution is 0.676. The van der Waals surface area contributed by atoms with Crippen LogP contribution in [-0.4, -0.2) is 6.54 Å². The van der Waals surface area contributed by atoms with E-state index >= 15 is 0 Å². The number of hydrogen-bond acceptors (Lipinski definition) is 1. The molecule has 2 aromatic rings. The highest BCUT2D eigenvalue weighted by molar-refractivity contribution is 5.72. The van der Waals surface area contributed by atoms with Crippen molar-refractivity contribution in [3.63, 3.8) is 0 Å². The second kappa shape index (κ2) is 6.91. The molecule has 21 heavy (non-hydrogen) atoms. The molecule has 0 radical (unpaired) electrons. The standard InChI is InChI=1S/C20H27N/c1-6-9-21-13-18-8-7-14(2)10-20(18)19-12-16(4)15(3)11-17(19)5/h7-8,10-12,21H,6,9,13H2,1-5H3. The van der Waals surface area contributed by atoms with Gasteiger partial charge in [-0.15, -0.1) is 0 Å². The highest BCUT2D eigenvalue weighted by Crippen LogP contribution is 2.30. The zero-order valence-electron chi connectivity index (χ0n) is 14.0. The predicted molar refractivity (Wildman–Crippen MR) is 92.8 cm³/mol. The van der Waals surface area contributed by atoms with E-state index in [2.05, 4.69) is 70.3 Å². The van der Waals surface area contributed by atoms with Crippen LogP contribution < -0.4 is 5.32 Å². The quantitative estimate of drug-likeness (QED) is 0.753. The number of benzene rings is 2. The van der Waals surface area contributed by atoms with E-state index in [0.717, 1.165) is 13.1 Å². The third-order valence-electron chi connectivity index (χ3n) is 4.14. The molecule has 0 amide bonds. The number of rotatable bonds is 5. The van der Waals surface area contributed by atoms with Crippen molar-refractivity contribution in [2.45, 2.75) is 47.6 Å². The van der Waals surface area contributed by atoms with Crippen LogP contribution in [0.3, 0.4) is 0 Å². The summed E-state index contributed by atoms with van der Waals surface area (Å²) in [5.74, 6) is 0. The van der Waals surface area contributed by atoms with E-state index in [9.17, 15) is 0 Å². The highest BCUT2D eigenvalue weighted by Gasteiger charge is 2.09. The van der Waals surface area contributed by atoms with Crippen LogP contribution >= 0.6 is 0 Å². The van der Waals surface area contributed by atoms with Crippen molar-refractivity contribution in [1.82, 2.24) is 5.32 Å². The minimum Gasteiger partial charge on any atom is -0.313 e. The Morgan fingerprint density at radius 3 is 2.24 bits per heavy atom. The minimum atomic E-state index is 0.940. The maximum absolute atomic E-state index is 3.53. The number of aryl methyl sites for hydroxylation is 4. The summed E-state index contributed by atoms with van der Waals surface area (Å²) in [5, 5.41) is 3.53. The van der Waals surface area contributed by atoms with E-state index < -0.39 is 0 Å². The van der Waals surface area contributed by atoms with Gasteiger partial charge in [-0.3, -0.25) is 0 Å². The largest absolute Gasteiger partial charge is 0.313 e. The van der Waals surface area contributed by atoms with E-state index in [-0.39, 0.29) is 0 Å². The van der Waals surface area contributed by atoms with Gasteiger partial charge in [-0.25, -0.2) is 0 Å². The van der Waals surface area contributed by atoms with E-state index in [1.807, 2.05) is 0 Å². The van der Waals surface area contributed by atoms with Gasteiger partial charge in [0.05, 0.1) is 0 Å². The van der Waals surface area contributed by atoms with Crippen LogP contribution in [0.4, 0.5) is 0 Å². The van der Waals surface area contributed by atoms with Crippen molar-refractivity contribution >= 4 is 0 Å². The summed E-state index contributed by atoms with van der Waals surface area (Å²) in [6.07, 6.45) is 1.17. The lowest BCUT2D eigenvalue weighted by Crippen LogP contribution is -2.14. The highest BCUT2D eigenvalue weighted by atomic mass is 14.8. The molecule has 112 valence electrons. The minimum absolute atomic E-state index is 0.940. The zero-order chi connectivity index (χ0) is 15.4. The predicted octanol–water partition coefficient (Wildman–Crippen LogP) is 5.09. The van der Waals surface area contributed by atoms with Gasteiger partial charge in [0.1, 0.15) is 0 Å². The number of nitrogens with one attached hydrogen (secondary N) is 1. The second-order valence-electron chi connectivity index (χ2n) is 6.09. The van der Waals surface area contributed by atoms with Crippen molar-refractivity contribution in [3.8, 4) is 11.1 Å². The van der Waals surface area contributed by atoms with E-state index in [1.54, 1.807) is 0 Å². The van der Waals surface area contributed by atoms with Crippen LogP contribution in [0.2, 0.25) is 0 Å². The Hall–Kier alpha value is -1.60. The zero-order valence-corrected chi connectivity index (χ0v) is 14.0. The molecule has 1 N–H and O–H groups in total. The Morgan fingerprint density at radius 1 is 0.810 bits per heavy atom. The van der Waals surface area contributed by atoms with Gasteiger partial charge in [0.25, 0.3) is 0 Å². The van der Waals surface area contributed by atoms with Gasteiger partial charge in [-0.1, -0.05) is 42.8 Å². The first-order chi connectivity index (χ1) is 10.0. The van der Waals surface area contributed by atoms with Crippen molar-refractivity contribution < 1.29 is 0 Å². The van der Waals surface area contributed by atoms with E-state index in [1.165, 1.54) is 45.4 Å². The maximum Gasteiger partial charge on any atom is 0.0211 e. The molecule has 0 atom stereocenters. The van der Waals surface area contributed by atoms with Crippen molar-refractivity contribution in [2.24, 2.45) is 0 Å². The fourth-order valence-electron chi connectivity index (χ4n) is 2.75. The molecular formula is C20H27N. The molecule has 0 aliphatic heterocycles. The second-order valence-corrected chi connectivity index (χ2v) is 6.09. The molecular weight excluding hydrogens is 254 g/mol. The van der Waals surface area contributed by atoms with Crippen molar-refractivity contribution in [2.75, 3.05) is 6.54 Å². The molecule has 0 unspecified atom stereocenters. The fraction of sp³-hybridized carbons (Fsp3) is 0.400. The van der Waals surface area contributed by atoms with Crippen LogP contribution in [0.15, 0.2) is 30.3 Å². The van der Waals surface area contributed by atoms with E-state index in [0.29, 0.717) is 0 Å². The molecule has 0 heterocycles. The first kappa shape index (κ1) is 15.8. The van der Waals surface area contributed by atoms with Crippen LogP contribution in [-0.2, 0) is 6.54 Å². The molecule has 2 aromatic carbocycles. The molecule has 0 aromatic heterocycles. The van der Waals surface area contributed by atoms with Gasteiger partial charge in [0.2, 0.25) is 0 Å². The van der Waals surface area contributed by atoms with Crippen LogP contribution in [0.25, 0.3) is 11.1 Å². The average molecular weight is 281 g/mol. The summed E-state index contributed by atoms with van der Waals surface area (Å²) in [6.45, 7) is 13.0. The molecule has 0 bridgehead atoms. The Kier molecular flexibility index (Phi) is 5.19. The molecule has 0 aliphatic carbocycles. The Labute approximate surface area is 129 Å². The summed E-state index contributed by atoms with van der Waals surface area (Å²) < 4.78 is 0. The average Bonchev–Trinajstić information content (AvgIpc) is 2.45. The molecule has 0 spiro atoms. The molecule has 0 aliphatic rings. The molecule has 2 rings (SSSR count). The smallest absolute Gasteiger partial charge is 0.0211 e. The Morgan fingerprint density at radius 2 is 1.52 bits per heavy atom. The van der Waals surface area contributed by atoms with Gasteiger partial charge in [-0.2, -0.15) is 0 Å². The first-order valence-electron chi connectivity index (χ1n) is 7.91. The topological polar surface area (TPSA) is 12.0 Å². The maximum atomic E-state index is 3.53. The normalized spacial score (nSPS) is 10.9. The van der Waals surface area contributed by atoms with Crippen molar-refractivity contribution in [3.05, 3.63) is 58.1 Å². The van der Waals surface area contributed by atoms with Crippen LogP contribution in [0.1, 0.15) is 41.2 Å². The SMILES string of the molecule is CCCNCc1ccc(C)cc1-c1cc(C)c(C)cc1C. The summed E-state index contributed by atoms with van der Waals surface area (Å²) in [7, 11) is 0. The summed E-state index contributed by atoms with van der Waals surface area (Å²) >= 11 is 0. The molecule has 0 saturated carbocycles. The lowest BCUT2D eigenvalue weighted by atomic mass is 9.91. The summed E-state index contributed by atoms with van der Waals surface area (Å²) in [5.41, 5.74) is 9.55. The van der Waals surface area contributed by atoms with Gasteiger partial charge in [0, 0.05) is 6.54 Å². The third-order valence-corrected chi connectivity index (χ3v) is 4.14. The van der Waals surface area contributed by atoms with Gasteiger partial charge < -0.3 is 5.32 Å². The summed E-state index contributed by atoms with van der Waals surface area (Å²) in [4.78, 5) is 0. The van der Waals surface area contributed by atoms with E-state index in [4.69, 9.17) is 0 Å². The van der Waals surface area contributed by atoms with Gasteiger partial charge in [0.15, 0.2) is 0 Å². The Bertz CT molecular complexity index is 626. The van der Waals surface area contributed by atoms with Gasteiger partial charge >= 0.3 is 0 Å². The fourth-order valence-corrected chi connectivity index (χ4v) is 2.75. The van der Waals surface area contributed by atoms with Crippen LogP contribution in [0, 0.1) is 27.7 Å². The lowest BCUT2D eigenvalue weighted by Gasteiger charge is -2.16. The monoisotopic (exact) mass is 281 g/mol. The summed E-state index contributed by atoms with van der Waals surface area (Å²) in [6, 6.07) is 11.4.